The van der Waals surface area contributed by atoms with Crippen molar-refractivity contribution in [3.63, 3.8) is 0 Å². The van der Waals surface area contributed by atoms with Gasteiger partial charge in [0, 0.05) is 18.8 Å². The number of hydrogen-bond donors (Lipinski definition) is 0. The average molecular weight is 529 g/mol. The first-order valence-corrected chi connectivity index (χ1v) is 14.7. The van der Waals surface area contributed by atoms with E-state index in [1.54, 1.807) is 4.90 Å². The number of ether oxygens (including phenoxy) is 1. The van der Waals surface area contributed by atoms with Crippen molar-refractivity contribution in [2.24, 2.45) is 0 Å². The van der Waals surface area contributed by atoms with Gasteiger partial charge in [-0.15, -0.1) is 0 Å². The van der Waals surface area contributed by atoms with Crippen LogP contribution in [0.1, 0.15) is 74.0 Å². The summed E-state index contributed by atoms with van der Waals surface area (Å²) in [5.41, 5.74) is 4.49. The number of aromatic nitrogens is 2. The summed E-state index contributed by atoms with van der Waals surface area (Å²) in [6.07, 6.45) is 5.47. The lowest BCUT2D eigenvalue weighted by Crippen LogP contribution is -2.47. The van der Waals surface area contributed by atoms with Gasteiger partial charge in [0.2, 0.25) is 0 Å². The molecule has 0 saturated carbocycles. The Kier molecular flexibility index (Phi) is 7.13. The van der Waals surface area contributed by atoms with Crippen LogP contribution in [0.5, 0.6) is 0 Å². The van der Waals surface area contributed by atoms with Crippen LogP contribution in [-0.4, -0.2) is 45.9 Å². The number of benzene rings is 2. The molecule has 1 aliphatic carbocycles. The number of rotatable bonds is 3. The second-order valence-corrected chi connectivity index (χ2v) is 12.4. The third-order valence-corrected chi connectivity index (χ3v) is 8.40. The molecule has 1 saturated heterocycles. The standard InChI is InChI=1S/C31H36N4O2S/c1-20-16-21-8-6-7-9-23(21)25(17-20)22-10-11-24-26(18-22)33-28(38-5)34-27(24)31(19-32)12-14-35(15-13-31)29(36)37-30(2,3)4/h6-9,16-17,22H,10-15,18H2,1-5H3. The van der Waals surface area contributed by atoms with Gasteiger partial charge in [0.1, 0.15) is 11.0 Å². The second kappa shape index (κ2) is 10.2. The van der Waals surface area contributed by atoms with Gasteiger partial charge in [0.05, 0.1) is 11.8 Å². The molecule has 1 aromatic heterocycles. The smallest absolute Gasteiger partial charge is 0.410 e. The Morgan fingerprint density at radius 3 is 2.61 bits per heavy atom. The molecule has 1 fully saturated rings. The zero-order valence-corrected chi connectivity index (χ0v) is 23.8. The van der Waals surface area contributed by atoms with Crippen molar-refractivity contribution in [3.8, 4) is 6.07 Å². The molecule has 0 N–H and O–H groups in total. The molecule has 3 aromatic rings. The van der Waals surface area contributed by atoms with Crippen LogP contribution < -0.4 is 0 Å². The highest BCUT2D eigenvalue weighted by molar-refractivity contribution is 7.98. The van der Waals surface area contributed by atoms with E-state index in [4.69, 9.17) is 14.7 Å². The average Bonchev–Trinajstić information content (AvgIpc) is 2.90. The fourth-order valence-electron chi connectivity index (χ4n) is 5.98. The maximum absolute atomic E-state index is 12.7. The molecule has 7 heteroatoms. The van der Waals surface area contributed by atoms with Crippen LogP contribution in [0, 0.1) is 18.3 Å². The number of likely N-dealkylation sites (tertiary alicyclic amines) is 1. The molecule has 0 radical (unpaired) electrons. The highest BCUT2D eigenvalue weighted by Crippen LogP contribution is 2.43. The molecule has 6 nitrogen and oxygen atoms in total. The van der Waals surface area contributed by atoms with Gasteiger partial charge in [-0.3, -0.25) is 0 Å². The van der Waals surface area contributed by atoms with E-state index in [9.17, 15) is 10.1 Å². The van der Waals surface area contributed by atoms with E-state index in [2.05, 4.69) is 49.4 Å². The van der Waals surface area contributed by atoms with Crippen LogP contribution in [0.2, 0.25) is 0 Å². The Morgan fingerprint density at radius 2 is 1.92 bits per heavy atom. The Morgan fingerprint density at radius 1 is 1.18 bits per heavy atom. The maximum Gasteiger partial charge on any atom is 0.410 e. The summed E-state index contributed by atoms with van der Waals surface area (Å²) in [5, 5.41) is 13.8. The molecule has 38 heavy (non-hydrogen) atoms. The lowest BCUT2D eigenvalue weighted by atomic mass is 9.72. The van der Waals surface area contributed by atoms with Crippen molar-refractivity contribution in [2.45, 2.75) is 81.9 Å². The molecule has 1 amide bonds. The molecule has 2 aliphatic rings. The monoisotopic (exact) mass is 528 g/mol. The van der Waals surface area contributed by atoms with E-state index in [0.717, 1.165) is 41.4 Å². The summed E-state index contributed by atoms with van der Waals surface area (Å²) >= 11 is 1.53. The van der Waals surface area contributed by atoms with Crippen molar-refractivity contribution in [1.82, 2.24) is 14.9 Å². The van der Waals surface area contributed by atoms with Crippen LogP contribution in [0.4, 0.5) is 4.79 Å². The SMILES string of the molecule is CSc1nc2c(c(C3(C#N)CCN(C(=O)OC(C)(C)C)CC3)n1)CCC(c1cc(C)cc3ccccc13)C2. The van der Waals surface area contributed by atoms with Crippen LogP contribution >= 0.6 is 11.8 Å². The molecule has 2 heterocycles. The van der Waals surface area contributed by atoms with E-state index >= 15 is 0 Å². The first-order chi connectivity index (χ1) is 18.1. The van der Waals surface area contributed by atoms with E-state index < -0.39 is 11.0 Å². The fourth-order valence-corrected chi connectivity index (χ4v) is 6.36. The minimum Gasteiger partial charge on any atom is -0.444 e. The van der Waals surface area contributed by atoms with E-state index in [1.165, 1.54) is 33.7 Å². The molecule has 1 unspecified atom stereocenters. The van der Waals surface area contributed by atoms with Crippen molar-refractivity contribution in [3.05, 3.63) is 64.5 Å². The van der Waals surface area contributed by atoms with Crippen molar-refractivity contribution in [2.75, 3.05) is 19.3 Å². The Bertz CT molecular complexity index is 1410. The number of hydrogen-bond acceptors (Lipinski definition) is 6. The van der Waals surface area contributed by atoms with Gasteiger partial charge < -0.3 is 9.64 Å². The van der Waals surface area contributed by atoms with Crippen molar-refractivity contribution in [1.29, 1.82) is 5.26 Å². The van der Waals surface area contributed by atoms with Crippen molar-refractivity contribution < 1.29 is 9.53 Å². The summed E-state index contributed by atoms with van der Waals surface area (Å²) in [6, 6.07) is 15.9. The minimum absolute atomic E-state index is 0.313. The number of carbonyl (C=O) groups is 1. The molecule has 198 valence electrons. The predicted molar refractivity (Wildman–Crippen MR) is 152 cm³/mol. The second-order valence-electron chi connectivity index (χ2n) is 11.7. The van der Waals surface area contributed by atoms with Gasteiger partial charge in [-0.25, -0.2) is 14.8 Å². The lowest BCUT2D eigenvalue weighted by molar-refractivity contribution is 0.0183. The van der Waals surface area contributed by atoms with E-state index in [-0.39, 0.29) is 6.09 Å². The molecule has 5 rings (SSSR count). The third kappa shape index (κ3) is 5.11. The maximum atomic E-state index is 12.7. The fraction of sp³-hybridized carbons (Fsp3) is 0.484. The number of piperidine rings is 1. The van der Waals surface area contributed by atoms with Gasteiger partial charge in [-0.1, -0.05) is 53.7 Å². The number of thioether (sulfide) groups is 1. The van der Waals surface area contributed by atoms with Gasteiger partial charge in [0.25, 0.3) is 0 Å². The van der Waals surface area contributed by atoms with Gasteiger partial charge in [-0.2, -0.15) is 5.26 Å². The Labute approximate surface area is 229 Å². The summed E-state index contributed by atoms with van der Waals surface area (Å²) in [7, 11) is 0. The lowest BCUT2D eigenvalue weighted by Gasteiger charge is -2.39. The summed E-state index contributed by atoms with van der Waals surface area (Å²) in [6.45, 7) is 8.75. The van der Waals surface area contributed by atoms with Crippen LogP contribution in [0.3, 0.4) is 0 Å². The number of amides is 1. The number of nitrogens with zero attached hydrogens (tertiary/aromatic N) is 4. The Balaban J connectivity index is 1.46. The number of nitriles is 1. The highest BCUT2D eigenvalue weighted by Gasteiger charge is 2.43. The van der Waals surface area contributed by atoms with E-state index in [1.807, 2.05) is 27.0 Å². The number of aryl methyl sites for hydroxylation is 1. The quantitative estimate of drug-likeness (QED) is 0.277. The molecular formula is C31H36N4O2S. The normalized spacial score (nSPS) is 19.1. The number of carbonyl (C=O) groups excluding carboxylic acids is 1. The zero-order chi connectivity index (χ0) is 27.1. The highest BCUT2D eigenvalue weighted by atomic mass is 32.2. The first-order valence-electron chi connectivity index (χ1n) is 13.5. The zero-order valence-electron chi connectivity index (χ0n) is 23.0. The van der Waals surface area contributed by atoms with E-state index in [0.29, 0.717) is 31.8 Å². The Hall–Kier alpha value is -3.11. The molecular weight excluding hydrogens is 492 g/mol. The van der Waals surface area contributed by atoms with Crippen LogP contribution in [0.25, 0.3) is 10.8 Å². The summed E-state index contributed by atoms with van der Waals surface area (Å²) in [4.78, 5) is 24.3. The molecule has 2 aromatic carbocycles. The van der Waals surface area contributed by atoms with Gasteiger partial charge in [-0.05, 0) is 93.9 Å². The first kappa shape index (κ1) is 26.5. The predicted octanol–water partition coefficient (Wildman–Crippen LogP) is 6.72. The van der Waals surface area contributed by atoms with Gasteiger partial charge in [0.15, 0.2) is 5.16 Å². The minimum atomic E-state index is -0.723. The molecule has 1 atom stereocenters. The van der Waals surface area contributed by atoms with Crippen LogP contribution in [-0.2, 0) is 23.0 Å². The third-order valence-electron chi connectivity index (χ3n) is 7.85. The summed E-state index contributed by atoms with van der Waals surface area (Å²) in [5.74, 6) is 0.372. The largest absolute Gasteiger partial charge is 0.444 e. The van der Waals surface area contributed by atoms with Crippen LogP contribution in [0.15, 0.2) is 41.6 Å². The molecule has 1 aliphatic heterocycles. The van der Waals surface area contributed by atoms with Gasteiger partial charge >= 0.3 is 6.09 Å². The molecule has 0 bridgehead atoms. The van der Waals surface area contributed by atoms with Crippen molar-refractivity contribution >= 4 is 28.6 Å². The summed E-state index contributed by atoms with van der Waals surface area (Å²) < 4.78 is 5.58. The molecule has 0 spiro atoms. The number of fused-ring (bicyclic) bond motifs is 2. The topological polar surface area (TPSA) is 79.1 Å².